The van der Waals surface area contributed by atoms with E-state index >= 15 is 0 Å². The van der Waals surface area contributed by atoms with E-state index in [-0.39, 0.29) is 18.4 Å². The first kappa shape index (κ1) is 15.7. The lowest BCUT2D eigenvalue weighted by atomic mass is 10.1. The quantitative estimate of drug-likeness (QED) is 0.741. The Bertz CT molecular complexity index is 302. The van der Waals surface area contributed by atoms with Crippen LogP contribution >= 0.6 is 23.5 Å². The van der Waals surface area contributed by atoms with Gasteiger partial charge < -0.3 is 15.7 Å². The molecule has 2 atom stereocenters. The summed E-state index contributed by atoms with van der Waals surface area (Å²) in [5.74, 6) is 1.43. The van der Waals surface area contributed by atoms with Gasteiger partial charge in [-0.05, 0) is 18.4 Å². The molecule has 1 unspecified atom stereocenters. The lowest BCUT2D eigenvalue weighted by molar-refractivity contribution is -0.140. The molecule has 1 rings (SSSR count). The van der Waals surface area contributed by atoms with E-state index in [2.05, 4.69) is 0 Å². The SMILES string of the molecule is CSCC[C@H](N)C(=O)N1CCSCC1CC(=O)O. The van der Waals surface area contributed by atoms with Crippen LogP contribution in [-0.4, -0.2) is 64.0 Å². The molecule has 0 bridgehead atoms. The summed E-state index contributed by atoms with van der Waals surface area (Å²) in [5, 5.41) is 8.86. The van der Waals surface area contributed by atoms with Crippen LogP contribution < -0.4 is 5.73 Å². The van der Waals surface area contributed by atoms with Crippen molar-refractivity contribution in [1.29, 1.82) is 0 Å². The average molecular weight is 292 g/mol. The van der Waals surface area contributed by atoms with E-state index in [1.165, 1.54) is 0 Å². The Morgan fingerprint density at radius 1 is 1.61 bits per heavy atom. The van der Waals surface area contributed by atoms with E-state index in [1.54, 1.807) is 28.4 Å². The van der Waals surface area contributed by atoms with Crippen molar-refractivity contribution in [2.45, 2.75) is 24.9 Å². The van der Waals surface area contributed by atoms with Gasteiger partial charge in [-0.15, -0.1) is 0 Å². The van der Waals surface area contributed by atoms with E-state index in [4.69, 9.17) is 10.8 Å². The number of nitrogens with two attached hydrogens (primary N) is 1. The Kier molecular flexibility index (Phi) is 6.88. The van der Waals surface area contributed by atoms with Crippen LogP contribution in [0.25, 0.3) is 0 Å². The molecule has 0 aromatic heterocycles. The smallest absolute Gasteiger partial charge is 0.305 e. The molecular weight excluding hydrogens is 272 g/mol. The molecule has 0 aliphatic carbocycles. The molecule has 1 saturated heterocycles. The Labute approximate surface area is 116 Å². The third kappa shape index (κ3) is 4.70. The first-order valence-corrected chi connectivity index (χ1v) is 8.45. The number of carboxylic acid groups (broad SMARTS) is 1. The maximum Gasteiger partial charge on any atom is 0.305 e. The summed E-state index contributed by atoms with van der Waals surface area (Å²) in [6.07, 6.45) is 2.62. The summed E-state index contributed by atoms with van der Waals surface area (Å²) < 4.78 is 0. The van der Waals surface area contributed by atoms with Crippen LogP contribution in [0.15, 0.2) is 0 Å². The molecular formula is C11H20N2O3S2. The second-order valence-electron chi connectivity index (χ2n) is 4.25. The van der Waals surface area contributed by atoms with Crippen LogP contribution in [0.3, 0.4) is 0 Å². The highest BCUT2D eigenvalue weighted by Crippen LogP contribution is 2.20. The first-order valence-electron chi connectivity index (χ1n) is 5.90. The van der Waals surface area contributed by atoms with Gasteiger partial charge in [-0.25, -0.2) is 0 Å². The average Bonchev–Trinajstić information content (AvgIpc) is 2.35. The molecule has 7 heteroatoms. The molecule has 1 heterocycles. The van der Waals surface area contributed by atoms with Gasteiger partial charge in [0.05, 0.1) is 18.5 Å². The Morgan fingerprint density at radius 2 is 2.33 bits per heavy atom. The molecule has 104 valence electrons. The molecule has 0 aromatic carbocycles. The molecule has 1 fully saturated rings. The Morgan fingerprint density at radius 3 is 2.94 bits per heavy atom. The fourth-order valence-corrected chi connectivity index (χ4v) is 3.45. The topological polar surface area (TPSA) is 83.6 Å². The van der Waals surface area contributed by atoms with Gasteiger partial charge in [-0.1, -0.05) is 0 Å². The summed E-state index contributed by atoms with van der Waals surface area (Å²) >= 11 is 3.35. The second-order valence-corrected chi connectivity index (χ2v) is 6.38. The van der Waals surface area contributed by atoms with E-state index in [0.717, 1.165) is 11.5 Å². The molecule has 5 nitrogen and oxygen atoms in total. The van der Waals surface area contributed by atoms with Crippen molar-refractivity contribution in [3.63, 3.8) is 0 Å². The van der Waals surface area contributed by atoms with E-state index in [1.807, 2.05) is 6.26 Å². The van der Waals surface area contributed by atoms with Gasteiger partial charge in [0, 0.05) is 18.1 Å². The molecule has 18 heavy (non-hydrogen) atoms. The first-order chi connectivity index (χ1) is 8.56. The zero-order valence-electron chi connectivity index (χ0n) is 10.5. The Balaban J connectivity index is 2.58. The molecule has 0 aromatic rings. The predicted molar refractivity (Wildman–Crippen MR) is 76.1 cm³/mol. The van der Waals surface area contributed by atoms with Gasteiger partial charge in [0.25, 0.3) is 0 Å². The third-order valence-electron chi connectivity index (χ3n) is 2.87. The summed E-state index contributed by atoms with van der Waals surface area (Å²) in [7, 11) is 0. The van der Waals surface area contributed by atoms with Gasteiger partial charge in [0.15, 0.2) is 0 Å². The monoisotopic (exact) mass is 292 g/mol. The zero-order valence-corrected chi connectivity index (χ0v) is 12.1. The van der Waals surface area contributed by atoms with E-state index < -0.39 is 12.0 Å². The number of aliphatic carboxylic acids is 1. The zero-order chi connectivity index (χ0) is 13.5. The normalized spacial score (nSPS) is 21.7. The predicted octanol–water partition coefficient (Wildman–Crippen LogP) is 0.486. The number of thioether (sulfide) groups is 2. The minimum Gasteiger partial charge on any atom is -0.481 e. The summed E-state index contributed by atoms with van der Waals surface area (Å²) in [6.45, 7) is 0.606. The van der Waals surface area contributed by atoms with Gasteiger partial charge in [-0.2, -0.15) is 23.5 Å². The molecule has 0 saturated carbocycles. The number of hydrogen-bond donors (Lipinski definition) is 2. The van der Waals surface area contributed by atoms with Gasteiger partial charge in [0.2, 0.25) is 5.91 Å². The van der Waals surface area contributed by atoms with Crippen LogP contribution in [0.2, 0.25) is 0 Å². The number of carbonyl (C=O) groups excluding carboxylic acids is 1. The van der Waals surface area contributed by atoms with Crippen molar-refractivity contribution in [2.24, 2.45) is 5.73 Å². The minimum atomic E-state index is -0.863. The third-order valence-corrected chi connectivity index (χ3v) is 4.61. The summed E-state index contributed by atoms with van der Waals surface area (Å²) in [4.78, 5) is 24.6. The van der Waals surface area contributed by atoms with Crippen LogP contribution in [0, 0.1) is 0 Å². The van der Waals surface area contributed by atoms with Crippen molar-refractivity contribution in [1.82, 2.24) is 4.90 Å². The standard InChI is InChI=1S/C11H20N2O3S2/c1-17-4-2-9(12)11(16)13-3-5-18-7-8(13)6-10(14)15/h8-9H,2-7,12H2,1H3,(H,14,15)/t8?,9-/m0/s1. The largest absolute Gasteiger partial charge is 0.481 e. The van der Waals surface area contributed by atoms with Gasteiger partial charge in [0.1, 0.15) is 0 Å². The number of amides is 1. The second kappa shape index (κ2) is 7.91. The van der Waals surface area contributed by atoms with Crippen LogP contribution in [0.4, 0.5) is 0 Å². The summed E-state index contributed by atoms with van der Waals surface area (Å²) in [5.41, 5.74) is 5.87. The van der Waals surface area contributed by atoms with Gasteiger partial charge >= 0.3 is 5.97 Å². The molecule has 1 aliphatic heterocycles. The van der Waals surface area contributed by atoms with Gasteiger partial charge in [-0.3, -0.25) is 9.59 Å². The number of rotatable bonds is 6. The fraction of sp³-hybridized carbons (Fsp3) is 0.818. The van der Waals surface area contributed by atoms with E-state index in [9.17, 15) is 9.59 Å². The Hall–Kier alpha value is -0.400. The minimum absolute atomic E-state index is 0.00792. The molecule has 0 radical (unpaired) electrons. The maximum absolute atomic E-state index is 12.2. The van der Waals surface area contributed by atoms with E-state index in [0.29, 0.717) is 18.7 Å². The van der Waals surface area contributed by atoms with Crippen LogP contribution in [-0.2, 0) is 9.59 Å². The van der Waals surface area contributed by atoms with Crippen molar-refractivity contribution < 1.29 is 14.7 Å². The fourth-order valence-electron chi connectivity index (χ4n) is 1.90. The molecule has 1 amide bonds. The highest BCUT2D eigenvalue weighted by atomic mass is 32.2. The number of carbonyl (C=O) groups is 2. The van der Waals surface area contributed by atoms with Crippen molar-refractivity contribution in [3.05, 3.63) is 0 Å². The molecule has 3 N–H and O–H groups in total. The highest BCUT2D eigenvalue weighted by Gasteiger charge is 2.31. The highest BCUT2D eigenvalue weighted by molar-refractivity contribution is 7.99. The van der Waals surface area contributed by atoms with Crippen molar-refractivity contribution >= 4 is 35.4 Å². The molecule has 1 aliphatic rings. The number of carboxylic acids is 1. The maximum atomic E-state index is 12.2. The number of hydrogen-bond acceptors (Lipinski definition) is 5. The van der Waals surface area contributed by atoms with Crippen molar-refractivity contribution in [3.8, 4) is 0 Å². The lowest BCUT2D eigenvalue weighted by Crippen LogP contribution is -2.53. The lowest BCUT2D eigenvalue weighted by Gasteiger charge is -2.36. The van der Waals surface area contributed by atoms with Crippen molar-refractivity contribution in [2.75, 3.05) is 30.1 Å². The number of nitrogens with zero attached hydrogens (tertiary/aromatic N) is 1. The summed E-state index contributed by atoms with van der Waals surface area (Å²) in [6, 6.07) is -0.717. The van der Waals surface area contributed by atoms with Crippen LogP contribution in [0.1, 0.15) is 12.8 Å². The molecule has 0 spiro atoms. The van der Waals surface area contributed by atoms with Crippen LogP contribution in [0.5, 0.6) is 0 Å².